The van der Waals surface area contributed by atoms with Gasteiger partial charge in [-0.2, -0.15) is 0 Å². The quantitative estimate of drug-likeness (QED) is 0.316. The Labute approximate surface area is 193 Å². The molecule has 1 N–H and O–H groups in total. The minimum absolute atomic E-state index is 0.134. The van der Waals surface area contributed by atoms with Crippen LogP contribution >= 0.6 is 34.7 Å². The molecule has 154 valence electrons. The highest BCUT2D eigenvalue weighted by Crippen LogP contribution is 2.24. The number of nitrogens with zero attached hydrogens (tertiary/aromatic N) is 3. The molecule has 0 aliphatic rings. The van der Waals surface area contributed by atoms with Crippen LogP contribution in [0, 0.1) is 18.8 Å². The predicted molar refractivity (Wildman–Crippen MR) is 127 cm³/mol. The monoisotopic (exact) mass is 464 g/mol. The Hall–Kier alpha value is -3.05. The van der Waals surface area contributed by atoms with Gasteiger partial charge in [-0.25, -0.2) is 0 Å². The lowest BCUT2D eigenvalue weighted by Gasteiger charge is -2.08. The van der Waals surface area contributed by atoms with Gasteiger partial charge in [-0.05, 0) is 54.3 Å². The summed E-state index contributed by atoms with van der Waals surface area (Å²) >= 11 is 9.13. The third-order valence-electron chi connectivity index (χ3n) is 4.28. The first-order valence-corrected chi connectivity index (χ1v) is 11.6. The molecule has 0 spiro atoms. The van der Waals surface area contributed by atoms with Crippen LogP contribution in [-0.4, -0.2) is 26.4 Å². The minimum atomic E-state index is -0.134. The topological polar surface area (TPSA) is 59.8 Å². The van der Waals surface area contributed by atoms with Crippen LogP contribution in [0.1, 0.15) is 16.0 Å². The third kappa shape index (κ3) is 5.56. The van der Waals surface area contributed by atoms with Crippen molar-refractivity contribution in [3.05, 3.63) is 87.3 Å². The van der Waals surface area contributed by atoms with Crippen molar-refractivity contribution in [3.8, 4) is 17.5 Å². The van der Waals surface area contributed by atoms with E-state index in [1.807, 2.05) is 71.5 Å². The molecule has 4 rings (SSSR count). The average Bonchev–Trinajstić information content (AvgIpc) is 3.45. The van der Waals surface area contributed by atoms with Gasteiger partial charge in [0.2, 0.25) is 5.91 Å². The van der Waals surface area contributed by atoms with E-state index < -0.39 is 0 Å². The van der Waals surface area contributed by atoms with Crippen LogP contribution in [0.3, 0.4) is 0 Å². The Kier molecular flexibility index (Phi) is 6.73. The minimum Gasteiger partial charge on any atom is -0.325 e. The van der Waals surface area contributed by atoms with Crippen LogP contribution in [0.4, 0.5) is 5.69 Å². The highest BCUT2D eigenvalue weighted by atomic mass is 35.5. The number of nitrogens with one attached hydrogen (secondary N) is 1. The van der Waals surface area contributed by atoms with E-state index in [1.54, 1.807) is 17.7 Å². The number of hydrogen-bond acceptors (Lipinski definition) is 5. The number of carbonyl (C=O) groups excluding carboxylic acids is 1. The first-order chi connectivity index (χ1) is 15.1. The van der Waals surface area contributed by atoms with E-state index in [9.17, 15) is 4.79 Å². The molecule has 0 radical (unpaired) electrons. The number of benzene rings is 2. The maximum atomic E-state index is 12.5. The second-order valence-electron chi connectivity index (χ2n) is 6.56. The fraction of sp³-hybridized carbons (Fsp3) is 0.0870. The normalized spacial score (nSPS) is 10.4. The first kappa shape index (κ1) is 21.2. The summed E-state index contributed by atoms with van der Waals surface area (Å²) in [5.74, 6) is 6.30. The van der Waals surface area contributed by atoms with Crippen molar-refractivity contribution in [1.82, 2.24) is 14.8 Å². The van der Waals surface area contributed by atoms with Crippen LogP contribution in [0.2, 0.25) is 5.02 Å². The van der Waals surface area contributed by atoms with E-state index >= 15 is 0 Å². The van der Waals surface area contributed by atoms with Gasteiger partial charge in [0, 0.05) is 16.3 Å². The van der Waals surface area contributed by atoms with E-state index in [0.717, 1.165) is 21.7 Å². The van der Waals surface area contributed by atoms with Gasteiger partial charge in [0.1, 0.15) is 6.33 Å². The number of hydrogen-bond donors (Lipinski definition) is 1. The maximum Gasteiger partial charge on any atom is 0.234 e. The number of aromatic nitrogens is 3. The van der Waals surface area contributed by atoms with Gasteiger partial charge in [0.05, 0.1) is 16.3 Å². The SMILES string of the molecule is Cc1ccc(-n2cnnc2SCC(=O)Nc2cccc(C#Cc3cccs3)c2)cc1Cl. The number of thiophene rings is 1. The molecule has 2 aromatic carbocycles. The molecular formula is C23H17ClN4OS2. The van der Waals surface area contributed by atoms with Crippen molar-refractivity contribution in [2.75, 3.05) is 11.1 Å². The predicted octanol–water partition coefficient (Wildman–Crippen LogP) is 5.42. The Morgan fingerprint density at radius 3 is 2.90 bits per heavy atom. The largest absolute Gasteiger partial charge is 0.325 e. The lowest BCUT2D eigenvalue weighted by atomic mass is 10.2. The van der Waals surface area contributed by atoms with E-state index in [4.69, 9.17) is 11.6 Å². The standard InChI is InChI=1S/C23H17ClN4OS2/c1-16-7-9-19(13-21(16)24)28-15-25-27-23(28)31-14-22(29)26-18-5-2-4-17(12-18)8-10-20-6-3-11-30-20/h2-7,9,11-13,15H,14H2,1H3,(H,26,29). The Bertz CT molecular complexity index is 1270. The second kappa shape index (κ2) is 9.84. The molecule has 5 nitrogen and oxygen atoms in total. The zero-order valence-electron chi connectivity index (χ0n) is 16.5. The third-order valence-corrected chi connectivity index (χ3v) is 6.42. The van der Waals surface area contributed by atoms with Crippen molar-refractivity contribution < 1.29 is 4.79 Å². The number of rotatable bonds is 5. The van der Waals surface area contributed by atoms with Crippen molar-refractivity contribution in [2.24, 2.45) is 0 Å². The summed E-state index contributed by atoms with van der Waals surface area (Å²) in [6, 6.07) is 17.2. The summed E-state index contributed by atoms with van der Waals surface area (Å²) in [6.07, 6.45) is 1.61. The zero-order chi connectivity index (χ0) is 21.6. The summed E-state index contributed by atoms with van der Waals surface area (Å²) in [7, 11) is 0. The summed E-state index contributed by atoms with van der Waals surface area (Å²) in [4.78, 5) is 13.5. The lowest BCUT2D eigenvalue weighted by Crippen LogP contribution is -2.14. The average molecular weight is 465 g/mol. The number of aryl methyl sites for hydroxylation is 1. The second-order valence-corrected chi connectivity index (χ2v) is 8.86. The van der Waals surface area contributed by atoms with Crippen LogP contribution in [0.5, 0.6) is 0 Å². The van der Waals surface area contributed by atoms with E-state index in [2.05, 4.69) is 27.4 Å². The lowest BCUT2D eigenvalue weighted by molar-refractivity contribution is -0.113. The summed E-state index contributed by atoms with van der Waals surface area (Å²) in [5, 5.41) is 14.3. The highest BCUT2D eigenvalue weighted by Gasteiger charge is 2.11. The van der Waals surface area contributed by atoms with E-state index in [1.165, 1.54) is 11.8 Å². The van der Waals surface area contributed by atoms with Gasteiger partial charge < -0.3 is 5.32 Å². The van der Waals surface area contributed by atoms with E-state index in [0.29, 0.717) is 15.9 Å². The van der Waals surface area contributed by atoms with Crippen LogP contribution in [0.25, 0.3) is 5.69 Å². The molecule has 2 aromatic heterocycles. The van der Waals surface area contributed by atoms with Crippen LogP contribution in [0.15, 0.2) is 71.5 Å². The Morgan fingerprint density at radius 2 is 2.10 bits per heavy atom. The van der Waals surface area contributed by atoms with Crippen molar-refractivity contribution >= 4 is 46.3 Å². The molecule has 31 heavy (non-hydrogen) atoms. The molecule has 8 heteroatoms. The Morgan fingerprint density at radius 1 is 1.19 bits per heavy atom. The summed E-state index contributed by atoms with van der Waals surface area (Å²) in [6.45, 7) is 1.95. The number of anilines is 1. The molecule has 0 unspecified atom stereocenters. The number of carbonyl (C=O) groups is 1. The molecule has 0 bridgehead atoms. The smallest absolute Gasteiger partial charge is 0.234 e. The van der Waals surface area contributed by atoms with Crippen molar-refractivity contribution in [1.29, 1.82) is 0 Å². The van der Waals surface area contributed by atoms with Crippen LogP contribution in [-0.2, 0) is 4.79 Å². The molecule has 0 aliphatic carbocycles. The molecule has 1 amide bonds. The molecule has 0 fully saturated rings. The van der Waals surface area contributed by atoms with Crippen molar-refractivity contribution in [2.45, 2.75) is 12.1 Å². The molecule has 2 heterocycles. The van der Waals surface area contributed by atoms with Gasteiger partial charge in [0.15, 0.2) is 5.16 Å². The fourth-order valence-electron chi connectivity index (χ4n) is 2.72. The van der Waals surface area contributed by atoms with Gasteiger partial charge in [-0.15, -0.1) is 21.5 Å². The van der Waals surface area contributed by atoms with Crippen molar-refractivity contribution in [3.63, 3.8) is 0 Å². The zero-order valence-corrected chi connectivity index (χ0v) is 18.9. The highest BCUT2D eigenvalue weighted by molar-refractivity contribution is 7.99. The van der Waals surface area contributed by atoms with Gasteiger partial charge in [0.25, 0.3) is 0 Å². The maximum absolute atomic E-state index is 12.5. The van der Waals surface area contributed by atoms with Crippen LogP contribution < -0.4 is 5.32 Å². The molecule has 4 aromatic rings. The molecular weight excluding hydrogens is 448 g/mol. The molecule has 0 atom stereocenters. The number of amides is 1. The first-order valence-electron chi connectivity index (χ1n) is 9.33. The summed E-state index contributed by atoms with van der Waals surface area (Å²) < 4.78 is 1.81. The molecule has 0 saturated heterocycles. The van der Waals surface area contributed by atoms with E-state index in [-0.39, 0.29) is 11.7 Å². The fourth-order valence-corrected chi connectivity index (χ4v) is 4.19. The summed E-state index contributed by atoms with van der Waals surface area (Å²) in [5.41, 5.74) is 3.39. The molecule has 0 aliphatic heterocycles. The molecule has 0 saturated carbocycles. The Balaban J connectivity index is 1.39. The van der Waals surface area contributed by atoms with Gasteiger partial charge in [-0.1, -0.05) is 53.4 Å². The van der Waals surface area contributed by atoms with Gasteiger partial charge >= 0.3 is 0 Å². The van der Waals surface area contributed by atoms with Gasteiger partial charge in [-0.3, -0.25) is 9.36 Å². The number of thioether (sulfide) groups is 1. The number of halogens is 1.